The number of rotatable bonds is 5. The van der Waals surface area contributed by atoms with E-state index in [1.54, 1.807) is 0 Å². The average molecular weight is 461 g/mol. The molecule has 25 heavy (non-hydrogen) atoms. The Labute approximate surface area is 170 Å². The van der Waals surface area contributed by atoms with Crippen molar-refractivity contribution in [2.24, 2.45) is 0 Å². The third-order valence-corrected chi connectivity index (χ3v) is 6.28. The summed E-state index contributed by atoms with van der Waals surface area (Å²) in [5.41, 5.74) is 1.40. The molecule has 0 atom stereocenters. The summed E-state index contributed by atoms with van der Waals surface area (Å²) in [5.74, 6) is 0. The Hall–Kier alpha value is -1.22. The Morgan fingerprint density at radius 1 is 0.640 bits per heavy atom. The molecule has 0 aliphatic rings. The second kappa shape index (κ2) is 8.93. The third-order valence-electron chi connectivity index (χ3n) is 3.85. The van der Waals surface area contributed by atoms with Crippen molar-refractivity contribution in [3.63, 3.8) is 0 Å². The molecule has 0 aliphatic carbocycles. The van der Waals surface area contributed by atoms with Crippen molar-refractivity contribution in [3.8, 4) is 0 Å². The lowest BCUT2D eigenvalue weighted by atomic mass is 10.2. The van der Waals surface area contributed by atoms with Crippen LogP contribution < -0.4 is 39.9 Å². The van der Waals surface area contributed by atoms with Gasteiger partial charge in [-0.05, 0) is 29.9 Å². The smallest absolute Gasteiger partial charge is 0.104 e. The van der Waals surface area contributed by atoms with Crippen LogP contribution in [0.2, 0.25) is 0 Å². The standard InChI is InChI=1S/C22H25NP.HI/c1-23(2,3)18-19-11-10-16-22(17-19)24(20-12-6-4-7-13-20)21-14-8-5-9-15-21;/h4-17H,18H2,1-3H3;1H/q+1;/p-1. The van der Waals surface area contributed by atoms with Crippen molar-refractivity contribution in [2.45, 2.75) is 6.54 Å². The van der Waals surface area contributed by atoms with E-state index in [1.165, 1.54) is 21.5 Å². The monoisotopic (exact) mass is 461 g/mol. The topological polar surface area (TPSA) is 0 Å². The molecule has 0 bridgehead atoms. The maximum absolute atomic E-state index is 2.40. The van der Waals surface area contributed by atoms with Gasteiger partial charge < -0.3 is 28.5 Å². The molecule has 0 heterocycles. The summed E-state index contributed by atoms with van der Waals surface area (Å²) in [6.07, 6.45) is 0. The van der Waals surface area contributed by atoms with Crippen LogP contribution in [0.15, 0.2) is 84.9 Å². The first-order chi connectivity index (χ1) is 11.5. The summed E-state index contributed by atoms with van der Waals surface area (Å²) in [7, 11) is 6.21. The van der Waals surface area contributed by atoms with Gasteiger partial charge in [0.25, 0.3) is 0 Å². The van der Waals surface area contributed by atoms with Crippen molar-refractivity contribution < 1.29 is 28.5 Å². The molecule has 0 aliphatic heterocycles. The van der Waals surface area contributed by atoms with Gasteiger partial charge >= 0.3 is 0 Å². The van der Waals surface area contributed by atoms with Gasteiger partial charge in [-0.25, -0.2) is 0 Å². The molecule has 0 amide bonds. The zero-order valence-corrected chi connectivity index (χ0v) is 18.1. The molecule has 0 unspecified atom stereocenters. The van der Waals surface area contributed by atoms with Crippen LogP contribution in [0.25, 0.3) is 0 Å². The lowest BCUT2D eigenvalue weighted by molar-refractivity contribution is -0.883. The zero-order chi connectivity index (χ0) is 17.0. The first kappa shape index (κ1) is 20.1. The van der Waals surface area contributed by atoms with Crippen molar-refractivity contribution >= 4 is 23.8 Å². The number of halogens is 1. The van der Waals surface area contributed by atoms with E-state index >= 15 is 0 Å². The van der Waals surface area contributed by atoms with Gasteiger partial charge in [0, 0.05) is 5.56 Å². The van der Waals surface area contributed by atoms with E-state index < -0.39 is 7.92 Å². The molecule has 0 N–H and O–H groups in total. The maximum atomic E-state index is 2.40. The fraction of sp³-hybridized carbons (Fsp3) is 0.182. The van der Waals surface area contributed by atoms with Crippen LogP contribution >= 0.6 is 7.92 Å². The minimum atomic E-state index is -0.511. The SMILES string of the molecule is C[N+](C)(C)Cc1cccc(P(c2ccccc2)c2ccccc2)c1.[I-]. The molecule has 0 saturated carbocycles. The second-order valence-corrected chi connectivity index (χ2v) is 9.34. The van der Waals surface area contributed by atoms with Gasteiger partial charge in [0.15, 0.2) is 0 Å². The van der Waals surface area contributed by atoms with Crippen LogP contribution in [0.5, 0.6) is 0 Å². The molecule has 0 radical (unpaired) electrons. The Balaban J connectivity index is 0.00000225. The fourth-order valence-corrected chi connectivity index (χ4v) is 5.31. The Morgan fingerprint density at radius 2 is 1.12 bits per heavy atom. The number of benzene rings is 3. The molecule has 130 valence electrons. The molecule has 3 heteroatoms. The summed E-state index contributed by atoms with van der Waals surface area (Å²) in [6, 6.07) is 30.9. The number of quaternary nitrogens is 1. The van der Waals surface area contributed by atoms with Gasteiger partial charge in [0.1, 0.15) is 6.54 Å². The summed E-state index contributed by atoms with van der Waals surface area (Å²) < 4.78 is 0.943. The van der Waals surface area contributed by atoms with E-state index in [1.807, 2.05) is 0 Å². The quantitative estimate of drug-likeness (QED) is 0.298. The van der Waals surface area contributed by atoms with E-state index in [2.05, 4.69) is 106 Å². The molecule has 3 aromatic carbocycles. The largest absolute Gasteiger partial charge is 1.00 e. The van der Waals surface area contributed by atoms with Crippen LogP contribution in [0.4, 0.5) is 0 Å². The molecular formula is C22H25INP. The predicted octanol–water partition coefficient (Wildman–Crippen LogP) is 0.655. The average Bonchev–Trinajstić information content (AvgIpc) is 2.56. The van der Waals surface area contributed by atoms with Crippen LogP contribution in [0.1, 0.15) is 5.56 Å². The minimum absolute atomic E-state index is 0. The summed E-state index contributed by atoms with van der Waals surface area (Å²) in [4.78, 5) is 0. The molecule has 0 spiro atoms. The third kappa shape index (κ3) is 5.64. The highest BCUT2D eigenvalue weighted by Crippen LogP contribution is 2.32. The van der Waals surface area contributed by atoms with Crippen molar-refractivity contribution in [3.05, 3.63) is 90.5 Å². The summed E-state index contributed by atoms with van der Waals surface area (Å²) in [5, 5.41) is 4.23. The zero-order valence-electron chi connectivity index (χ0n) is 15.1. The first-order valence-corrected chi connectivity index (χ1v) is 9.67. The summed E-state index contributed by atoms with van der Waals surface area (Å²) in [6.45, 7) is 1.04. The van der Waals surface area contributed by atoms with Crippen LogP contribution in [0, 0.1) is 0 Å². The Kier molecular flexibility index (Phi) is 7.18. The normalized spacial score (nSPS) is 11.2. The van der Waals surface area contributed by atoms with Gasteiger partial charge in [-0.2, -0.15) is 0 Å². The van der Waals surface area contributed by atoms with Crippen LogP contribution in [-0.4, -0.2) is 25.6 Å². The highest BCUT2D eigenvalue weighted by Gasteiger charge is 2.17. The lowest BCUT2D eigenvalue weighted by Crippen LogP contribution is -3.00. The van der Waals surface area contributed by atoms with E-state index in [4.69, 9.17) is 0 Å². The molecule has 1 nitrogen and oxygen atoms in total. The molecule has 3 rings (SSSR count). The predicted molar refractivity (Wildman–Crippen MR) is 107 cm³/mol. The van der Waals surface area contributed by atoms with E-state index in [-0.39, 0.29) is 24.0 Å². The van der Waals surface area contributed by atoms with Gasteiger partial charge in [0.2, 0.25) is 0 Å². The Bertz CT molecular complexity index is 742. The van der Waals surface area contributed by atoms with Crippen molar-refractivity contribution in [2.75, 3.05) is 21.1 Å². The van der Waals surface area contributed by atoms with E-state index in [0.717, 1.165) is 11.0 Å². The molecule has 0 aromatic heterocycles. The number of hydrogen-bond donors (Lipinski definition) is 0. The number of nitrogens with zero attached hydrogens (tertiary/aromatic N) is 1. The molecular weight excluding hydrogens is 436 g/mol. The number of hydrogen-bond acceptors (Lipinski definition) is 0. The maximum Gasteiger partial charge on any atom is 0.104 e. The van der Waals surface area contributed by atoms with E-state index in [9.17, 15) is 0 Å². The fourth-order valence-electron chi connectivity index (χ4n) is 2.94. The molecule has 0 saturated heterocycles. The summed E-state index contributed by atoms with van der Waals surface area (Å²) >= 11 is 0. The van der Waals surface area contributed by atoms with Crippen molar-refractivity contribution in [1.29, 1.82) is 0 Å². The van der Waals surface area contributed by atoms with Gasteiger partial charge in [-0.1, -0.05) is 78.9 Å². The highest BCUT2D eigenvalue weighted by molar-refractivity contribution is 7.79. The van der Waals surface area contributed by atoms with Crippen LogP contribution in [0.3, 0.4) is 0 Å². The van der Waals surface area contributed by atoms with Gasteiger partial charge in [-0.3, -0.25) is 0 Å². The van der Waals surface area contributed by atoms with Gasteiger partial charge in [-0.15, -0.1) is 0 Å². The lowest BCUT2D eigenvalue weighted by Gasteiger charge is -2.25. The second-order valence-electron chi connectivity index (χ2n) is 7.12. The molecule has 0 fully saturated rings. The molecule has 3 aromatic rings. The Morgan fingerprint density at radius 3 is 1.60 bits per heavy atom. The van der Waals surface area contributed by atoms with Crippen molar-refractivity contribution in [1.82, 2.24) is 0 Å². The first-order valence-electron chi connectivity index (χ1n) is 8.32. The van der Waals surface area contributed by atoms with E-state index in [0.29, 0.717) is 0 Å². The van der Waals surface area contributed by atoms with Crippen LogP contribution in [-0.2, 0) is 6.54 Å². The highest BCUT2D eigenvalue weighted by atomic mass is 127. The van der Waals surface area contributed by atoms with Gasteiger partial charge in [0.05, 0.1) is 21.1 Å². The minimum Gasteiger partial charge on any atom is -1.00 e.